The summed E-state index contributed by atoms with van der Waals surface area (Å²) in [5.74, 6) is 0.688. The van der Waals surface area contributed by atoms with Crippen molar-refractivity contribution in [3.05, 3.63) is 0 Å². The van der Waals surface area contributed by atoms with Gasteiger partial charge in [0.25, 0.3) is 0 Å². The molecule has 0 aromatic carbocycles. The molecule has 6 nitrogen and oxygen atoms in total. The molecule has 0 spiro atoms. The van der Waals surface area contributed by atoms with Gasteiger partial charge < -0.3 is 5.73 Å². The minimum Gasteiger partial charge on any atom is -0.336 e. The lowest BCUT2D eigenvalue weighted by atomic mass is 10.9. The van der Waals surface area contributed by atoms with Crippen LogP contribution in [0.4, 0.5) is 17.8 Å². The van der Waals surface area contributed by atoms with Crippen molar-refractivity contribution in [2.45, 2.75) is 0 Å². The fourth-order valence-electron chi connectivity index (χ4n) is 0.493. The Balaban J connectivity index is 3.17. The Bertz CT molecular complexity index is 169. The number of hydrogen-bond donors (Lipinski definition) is 3. The summed E-state index contributed by atoms with van der Waals surface area (Å²) in [6.45, 7) is 0. The van der Waals surface area contributed by atoms with Gasteiger partial charge in [-0.3, -0.25) is 11.5 Å². The minimum atomic E-state index is 0.198. The Morgan fingerprint density at radius 2 is 1.44 bits per heavy atom. The summed E-state index contributed by atoms with van der Waals surface area (Å²) in [6.07, 6.45) is 0. The van der Waals surface area contributed by atoms with Gasteiger partial charge in [0.05, 0.1) is 0 Å². The summed E-state index contributed by atoms with van der Waals surface area (Å²) >= 11 is 0. The van der Waals surface area contributed by atoms with Crippen LogP contribution in [0.15, 0.2) is 0 Å². The van der Waals surface area contributed by atoms with Gasteiger partial charge in [-0.05, 0) is 0 Å². The highest BCUT2D eigenvalue weighted by Gasteiger charge is 2.06. The Labute approximate surface area is 51.1 Å². The molecule has 0 aliphatic rings. The fraction of sp³-hybridized carbons (Fsp3) is 0. The second-order valence-electron chi connectivity index (χ2n) is 1.55. The van der Waals surface area contributed by atoms with Gasteiger partial charge in [-0.2, -0.15) is 9.97 Å². The molecule has 0 saturated heterocycles. The molecule has 6 heteroatoms. The fourth-order valence-corrected chi connectivity index (χ4v) is 0.493. The Morgan fingerprint density at radius 3 is 1.78 bits per heavy atom. The molecule has 0 saturated carbocycles. The standard InChI is InChI=1S/C3H6N6/c4-1-7-2(5)9-3(6)8-1/h(H6,4,5,6,7,8,9)/p+2. The number of nitrogen functional groups attached to an aromatic ring is 3. The third-order valence-corrected chi connectivity index (χ3v) is 0.766. The Hall–Kier alpha value is -1.59. The van der Waals surface area contributed by atoms with Crippen LogP contribution in [0.3, 0.4) is 0 Å². The summed E-state index contributed by atoms with van der Waals surface area (Å²) in [5.41, 5.74) is 15.7. The predicted octanol–water partition coefficient (Wildman–Crippen LogP) is -2.54. The maximum atomic E-state index is 5.25. The predicted molar refractivity (Wildman–Crippen MR) is 30.6 cm³/mol. The molecule has 0 amide bonds. The molecule has 0 atom stereocenters. The van der Waals surface area contributed by atoms with Gasteiger partial charge in [-0.25, -0.2) is 0 Å². The average Bonchev–Trinajstić information content (AvgIpc) is 1.59. The minimum absolute atomic E-state index is 0.198. The first-order chi connectivity index (χ1) is 4.18. The molecule has 0 unspecified atom stereocenters. The van der Waals surface area contributed by atoms with E-state index in [1.54, 1.807) is 0 Å². The zero-order valence-electron chi connectivity index (χ0n) is 4.68. The number of hydrogen-bond acceptors (Lipinski definition) is 4. The molecule has 48 valence electrons. The van der Waals surface area contributed by atoms with E-state index in [1.807, 2.05) is 0 Å². The first kappa shape index (κ1) is 5.54. The lowest BCUT2D eigenvalue weighted by Gasteiger charge is -1.82. The van der Waals surface area contributed by atoms with Crippen LogP contribution in [0.25, 0.3) is 0 Å². The molecule has 1 heterocycles. The molecule has 8 N–H and O–H groups in total. The Morgan fingerprint density at radius 1 is 1.00 bits per heavy atom. The smallest absolute Gasteiger partial charge is 0.336 e. The van der Waals surface area contributed by atoms with Crippen LogP contribution >= 0.6 is 0 Å². The van der Waals surface area contributed by atoms with Crippen molar-refractivity contribution in [2.24, 2.45) is 0 Å². The molecule has 1 rings (SSSR count). The number of nitrogens with zero attached hydrogens (tertiary/aromatic N) is 1. The summed E-state index contributed by atoms with van der Waals surface area (Å²) in [6, 6.07) is 0. The largest absolute Gasteiger partial charge is 0.434 e. The second-order valence-corrected chi connectivity index (χ2v) is 1.55. The maximum Gasteiger partial charge on any atom is 0.434 e. The highest BCUT2D eigenvalue weighted by molar-refractivity contribution is 5.16. The molecular formula is C3H8N6+2. The van der Waals surface area contributed by atoms with Gasteiger partial charge in [0, 0.05) is 4.98 Å². The van der Waals surface area contributed by atoms with E-state index >= 15 is 0 Å². The van der Waals surface area contributed by atoms with Crippen molar-refractivity contribution < 1.29 is 9.97 Å². The van der Waals surface area contributed by atoms with E-state index in [2.05, 4.69) is 15.0 Å². The first-order valence-corrected chi connectivity index (χ1v) is 2.31. The van der Waals surface area contributed by atoms with Crippen LogP contribution < -0.4 is 27.2 Å². The molecule has 0 aliphatic carbocycles. The van der Waals surface area contributed by atoms with Crippen molar-refractivity contribution in [3.63, 3.8) is 0 Å². The highest BCUT2D eigenvalue weighted by atomic mass is 15.2. The normalized spacial score (nSPS) is 9.33. The van der Waals surface area contributed by atoms with Crippen LogP contribution in [-0.2, 0) is 0 Å². The third kappa shape index (κ3) is 1.15. The molecule has 1 aromatic heterocycles. The Kier molecular flexibility index (Phi) is 1.07. The quantitative estimate of drug-likeness (QED) is 0.356. The van der Waals surface area contributed by atoms with E-state index in [9.17, 15) is 0 Å². The summed E-state index contributed by atoms with van der Waals surface area (Å²) in [7, 11) is 0. The van der Waals surface area contributed by atoms with E-state index in [0.29, 0.717) is 5.95 Å². The SMILES string of the molecule is Nc1nc(N)[nH+]c(N)[nH+]1. The average molecular weight is 128 g/mol. The van der Waals surface area contributed by atoms with Crippen LogP contribution in [0.2, 0.25) is 0 Å². The number of H-pyrrole nitrogens is 2. The van der Waals surface area contributed by atoms with Gasteiger partial charge in [-0.15, -0.1) is 0 Å². The molecule has 0 bridgehead atoms. The van der Waals surface area contributed by atoms with Crippen molar-refractivity contribution >= 4 is 17.8 Å². The van der Waals surface area contributed by atoms with E-state index < -0.39 is 0 Å². The summed E-state index contributed by atoms with van der Waals surface area (Å²) < 4.78 is 0. The van der Waals surface area contributed by atoms with Crippen molar-refractivity contribution in [2.75, 3.05) is 17.2 Å². The van der Waals surface area contributed by atoms with Crippen molar-refractivity contribution in [1.29, 1.82) is 0 Å². The lowest BCUT2D eigenvalue weighted by molar-refractivity contribution is -0.489. The number of aromatic amines is 2. The third-order valence-electron chi connectivity index (χ3n) is 0.766. The van der Waals surface area contributed by atoms with Crippen LogP contribution in [0.1, 0.15) is 0 Å². The molecule has 0 aliphatic heterocycles. The van der Waals surface area contributed by atoms with Crippen LogP contribution in [0, 0.1) is 0 Å². The van der Waals surface area contributed by atoms with Gasteiger partial charge >= 0.3 is 17.8 Å². The number of rotatable bonds is 0. The van der Waals surface area contributed by atoms with Crippen LogP contribution in [-0.4, -0.2) is 4.98 Å². The molecule has 9 heavy (non-hydrogen) atoms. The van der Waals surface area contributed by atoms with E-state index in [1.165, 1.54) is 0 Å². The monoisotopic (exact) mass is 128 g/mol. The van der Waals surface area contributed by atoms with Gasteiger partial charge in [0.1, 0.15) is 0 Å². The number of aromatic nitrogens is 3. The topological polar surface area (TPSA) is 119 Å². The molecule has 0 radical (unpaired) electrons. The molecule has 0 fully saturated rings. The maximum absolute atomic E-state index is 5.25. The number of nitrogens with two attached hydrogens (primary N) is 3. The van der Waals surface area contributed by atoms with Gasteiger partial charge in [0.2, 0.25) is 0 Å². The number of nitrogens with one attached hydrogen (secondary N) is 2. The van der Waals surface area contributed by atoms with Crippen LogP contribution in [0.5, 0.6) is 0 Å². The van der Waals surface area contributed by atoms with Crippen molar-refractivity contribution in [1.82, 2.24) is 4.98 Å². The second kappa shape index (κ2) is 1.73. The van der Waals surface area contributed by atoms with Crippen molar-refractivity contribution in [3.8, 4) is 0 Å². The zero-order chi connectivity index (χ0) is 6.85. The zero-order valence-corrected chi connectivity index (χ0v) is 4.68. The van der Waals surface area contributed by atoms with E-state index in [4.69, 9.17) is 17.2 Å². The van der Waals surface area contributed by atoms with E-state index in [0.717, 1.165) is 0 Å². The van der Waals surface area contributed by atoms with Gasteiger partial charge in [0.15, 0.2) is 0 Å². The van der Waals surface area contributed by atoms with Gasteiger partial charge in [-0.1, -0.05) is 0 Å². The molecular weight excluding hydrogens is 120 g/mol. The summed E-state index contributed by atoms with van der Waals surface area (Å²) in [4.78, 5) is 8.64. The highest BCUT2D eigenvalue weighted by Crippen LogP contribution is 1.84. The lowest BCUT2D eigenvalue weighted by Crippen LogP contribution is -2.30. The summed E-state index contributed by atoms with van der Waals surface area (Å²) in [5, 5.41) is 0. The first-order valence-electron chi connectivity index (χ1n) is 2.31. The van der Waals surface area contributed by atoms with E-state index in [-0.39, 0.29) is 11.9 Å². The number of anilines is 3. The molecule has 1 aromatic rings.